The molecule has 4 aromatic rings. The Morgan fingerprint density at radius 2 is 1.12 bits per heavy atom. The van der Waals surface area contributed by atoms with E-state index < -0.39 is 63.7 Å². The molecule has 4 aliphatic rings. The lowest BCUT2D eigenvalue weighted by Gasteiger charge is -2.35. The van der Waals surface area contributed by atoms with Crippen molar-refractivity contribution < 1.29 is 84.5 Å². The van der Waals surface area contributed by atoms with E-state index >= 15 is 0 Å². The molecule has 0 spiro atoms. The van der Waals surface area contributed by atoms with Gasteiger partial charge in [0.25, 0.3) is 0 Å². The average Bonchev–Trinajstić information content (AvgIpc) is 4.01. The van der Waals surface area contributed by atoms with Gasteiger partial charge in [-0.1, -0.05) is 0 Å². The molecule has 0 amide bonds. The number of nitrogens with zero attached hydrogens (tertiary/aromatic N) is 8. The molecule has 0 radical (unpaired) electrons. The van der Waals surface area contributed by atoms with E-state index in [1.54, 1.807) is 13.8 Å². The van der Waals surface area contributed by atoms with Gasteiger partial charge in [-0.3, -0.25) is 45.9 Å². The Morgan fingerprint density at radius 1 is 0.727 bits per heavy atom. The van der Waals surface area contributed by atoms with Gasteiger partial charge in [0, 0.05) is 12.8 Å². The highest BCUT2D eigenvalue weighted by molar-refractivity contribution is 7.48. The van der Waals surface area contributed by atoms with Crippen molar-refractivity contribution in [3.63, 3.8) is 0 Å². The molecule has 30 heteroatoms. The summed E-state index contributed by atoms with van der Waals surface area (Å²) >= 11 is 0. The number of imidazole rings is 2. The number of nitrogens with two attached hydrogens (primary N) is 2. The number of esters is 2. The van der Waals surface area contributed by atoms with Crippen molar-refractivity contribution in [2.24, 2.45) is 0 Å². The number of rotatable bonds is 16. The van der Waals surface area contributed by atoms with E-state index in [0.717, 1.165) is 0 Å². The Kier molecular flexibility index (Phi) is 14.8. The summed E-state index contributed by atoms with van der Waals surface area (Å²) in [5.74, 6) is -0.506. The number of fused-ring (bicyclic) bond motifs is 4. The normalized spacial score (nSPS) is 31.5. The number of ether oxygens (including phenoxy) is 6. The topological polar surface area (TPSA) is 359 Å². The van der Waals surface area contributed by atoms with Crippen molar-refractivity contribution in [1.29, 1.82) is 0 Å². The summed E-state index contributed by atoms with van der Waals surface area (Å²) in [6.07, 6.45) is -2.04. The van der Waals surface area contributed by atoms with Crippen LogP contribution in [-0.2, 0) is 64.8 Å². The highest BCUT2D eigenvalue weighted by atomic mass is 31.2. The first-order chi connectivity index (χ1) is 31.4. The smallest absolute Gasteiger partial charge is 0.475 e. The van der Waals surface area contributed by atoms with Gasteiger partial charge in [0.05, 0.1) is 66.5 Å². The van der Waals surface area contributed by atoms with Crippen molar-refractivity contribution >= 4 is 61.8 Å². The molecule has 4 saturated heterocycles. The van der Waals surface area contributed by atoms with Gasteiger partial charge in [-0.15, -0.1) is 0 Å². The predicted molar refractivity (Wildman–Crippen MR) is 222 cm³/mol. The minimum atomic E-state index is -3.99. The zero-order valence-electron chi connectivity index (χ0n) is 36.7. The number of nitrogen functional groups attached to an aromatic ring is 2. The third kappa shape index (κ3) is 10.1. The average molecular weight is 975 g/mol. The lowest BCUT2D eigenvalue weighted by molar-refractivity contribution is -0.144. The number of carbonyl (C=O) groups excluding carboxylic acids is 2. The summed E-state index contributed by atoms with van der Waals surface area (Å²) in [6, 6.07) is 0. The minimum Gasteiger partial charge on any atom is -0.479 e. The van der Waals surface area contributed by atoms with Gasteiger partial charge in [0.2, 0.25) is 23.7 Å². The summed E-state index contributed by atoms with van der Waals surface area (Å²) in [6.45, 7) is 6.55. The first-order valence-electron chi connectivity index (χ1n) is 20.7. The van der Waals surface area contributed by atoms with E-state index in [2.05, 4.69) is 29.9 Å². The fourth-order valence-corrected chi connectivity index (χ4v) is 10.6. The van der Waals surface area contributed by atoms with E-state index in [0.29, 0.717) is 11.0 Å². The van der Waals surface area contributed by atoms with Crippen molar-refractivity contribution in [3.05, 3.63) is 12.7 Å². The fourth-order valence-electron chi connectivity index (χ4n) is 7.58. The van der Waals surface area contributed by atoms with E-state index in [1.807, 2.05) is 0 Å². The lowest BCUT2D eigenvalue weighted by atomic mass is 9.96. The molecular formula is C36H52N10O18P2. The molecular weight excluding hydrogens is 922 g/mol. The van der Waals surface area contributed by atoms with Gasteiger partial charge < -0.3 is 50.1 Å². The molecule has 0 aromatic carbocycles. The molecule has 6 N–H and O–H groups in total. The van der Waals surface area contributed by atoms with E-state index in [9.17, 15) is 28.9 Å². The highest BCUT2D eigenvalue weighted by Crippen LogP contribution is 2.60. The monoisotopic (exact) mass is 974 g/mol. The Hall–Kier alpha value is -4.70. The molecule has 66 heavy (non-hydrogen) atoms. The van der Waals surface area contributed by atoms with Gasteiger partial charge in [-0.25, -0.2) is 19.1 Å². The summed E-state index contributed by atoms with van der Waals surface area (Å²) in [4.78, 5) is 47.7. The van der Waals surface area contributed by atoms with Gasteiger partial charge in [0.1, 0.15) is 35.6 Å². The molecule has 2 unspecified atom stereocenters. The third-order valence-corrected chi connectivity index (χ3v) is 13.5. The number of hydrogen-bond acceptors (Lipinski definition) is 26. The van der Waals surface area contributed by atoms with Crippen LogP contribution in [0.3, 0.4) is 0 Å². The number of aromatic nitrogens is 8. The number of methoxy groups -OCH3 is 2. The molecule has 0 saturated carbocycles. The number of anilines is 2. The number of hydrogen-bond donors (Lipinski definition) is 4. The molecule has 8 rings (SSSR count). The Labute approximate surface area is 376 Å². The van der Waals surface area contributed by atoms with Crippen molar-refractivity contribution in [1.82, 2.24) is 39.0 Å². The van der Waals surface area contributed by atoms with Gasteiger partial charge in [-0.2, -0.15) is 19.9 Å². The summed E-state index contributed by atoms with van der Waals surface area (Å²) < 4.78 is 93.2. The van der Waals surface area contributed by atoms with E-state index in [1.165, 1.54) is 49.9 Å². The van der Waals surface area contributed by atoms with Crippen LogP contribution in [0.1, 0.15) is 65.8 Å². The molecule has 28 nitrogen and oxygen atoms in total. The molecule has 8 heterocycles. The summed E-state index contributed by atoms with van der Waals surface area (Å²) in [5, 5.41) is 22.6. The Morgan fingerprint density at radius 3 is 1.48 bits per heavy atom. The Balaban J connectivity index is 0.000000196. The molecule has 0 aliphatic carbocycles. The van der Waals surface area contributed by atoms with Gasteiger partial charge in [0.15, 0.2) is 34.8 Å². The molecule has 4 fully saturated rings. The number of aliphatic hydroxyl groups is 2. The molecule has 4 aliphatic heterocycles. The van der Waals surface area contributed by atoms with Crippen LogP contribution in [0.2, 0.25) is 0 Å². The van der Waals surface area contributed by atoms with Crippen molar-refractivity contribution in [2.75, 3.05) is 65.3 Å². The van der Waals surface area contributed by atoms with Crippen LogP contribution in [0, 0.1) is 0 Å². The SMILES string of the molecule is CCOC(=O)CCCOP1(=O)OC[C@H]2O[C@@H](n3cnc4c(OC)nc(N)nc43)[C@](C)(O)[C@@H]2O1.CCOC(=O)CCCOP1(=O)OC[C@H]2O[C@@H](n3cnc4c(OC)nc(N)nc43)[C@](C)(O)[C@@H]2O1. The first-order valence-corrected chi connectivity index (χ1v) is 23.6. The first kappa shape index (κ1) is 49.2. The van der Waals surface area contributed by atoms with E-state index in [-0.39, 0.29) is 112 Å². The van der Waals surface area contributed by atoms with Crippen LogP contribution in [0.5, 0.6) is 11.8 Å². The number of carbonyl (C=O) groups is 2. The molecule has 0 bridgehead atoms. The molecule has 10 atom stereocenters. The van der Waals surface area contributed by atoms with Crippen molar-refractivity contribution in [2.45, 2.75) is 101 Å². The lowest BCUT2D eigenvalue weighted by Crippen LogP contribution is -2.47. The second-order valence-electron chi connectivity index (χ2n) is 15.4. The minimum absolute atomic E-state index is 0.0449. The van der Waals surface area contributed by atoms with Crippen LogP contribution in [-0.4, -0.2) is 151 Å². The summed E-state index contributed by atoms with van der Waals surface area (Å²) in [5.41, 5.74) is 9.41. The maximum atomic E-state index is 12.9. The second-order valence-corrected chi connectivity index (χ2v) is 18.6. The highest BCUT2D eigenvalue weighted by Gasteiger charge is 2.61. The molecule has 4 aromatic heterocycles. The van der Waals surface area contributed by atoms with Gasteiger partial charge >= 0.3 is 27.6 Å². The van der Waals surface area contributed by atoms with Crippen LogP contribution in [0.25, 0.3) is 22.3 Å². The largest absolute Gasteiger partial charge is 0.479 e. The standard InChI is InChI=1S/2C18H26N5O9P/c2*1-4-28-11(24)6-5-7-29-33(26)30-8-10-13(32-33)18(2,25)16(31-10)23-9-20-12-14(23)21-17(19)22-15(12)27-3/h2*9-10,13,16,25H,4-8H2,1-3H3,(H2,19,21,22)/t2*10-,13-,16-,18-,33?/m11/s1. The van der Waals surface area contributed by atoms with Crippen LogP contribution in [0.4, 0.5) is 11.9 Å². The van der Waals surface area contributed by atoms with Crippen LogP contribution < -0.4 is 20.9 Å². The number of phosphoric ester groups is 2. The van der Waals surface area contributed by atoms with Crippen LogP contribution >= 0.6 is 15.6 Å². The van der Waals surface area contributed by atoms with Crippen LogP contribution in [0.15, 0.2) is 12.7 Å². The number of phosphoric acid groups is 2. The second kappa shape index (κ2) is 19.9. The quantitative estimate of drug-likeness (QED) is 0.0707. The van der Waals surface area contributed by atoms with Crippen molar-refractivity contribution in [3.8, 4) is 11.8 Å². The van der Waals surface area contributed by atoms with Gasteiger partial charge in [-0.05, 0) is 40.5 Å². The maximum Gasteiger partial charge on any atom is 0.475 e. The summed E-state index contributed by atoms with van der Waals surface area (Å²) in [7, 11) is -5.14. The third-order valence-electron chi connectivity index (χ3n) is 10.6. The van der Waals surface area contributed by atoms with E-state index in [4.69, 9.17) is 67.0 Å². The zero-order chi connectivity index (χ0) is 47.6. The predicted octanol–water partition coefficient (Wildman–Crippen LogP) is 1.90. The molecule has 364 valence electrons. The fraction of sp³-hybridized carbons (Fsp3) is 0.667. The zero-order valence-corrected chi connectivity index (χ0v) is 38.5. The maximum absolute atomic E-state index is 12.9. The Bertz CT molecular complexity index is 2320.